The molecule has 9 heteroatoms. The third kappa shape index (κ3) is 5.59. The van der Waals surface area contributed by atoms with Crippen molar-refractivity contribution in [3.8, 4) is 17.2 Å². The highest BCUT2D eigenvalue weighted by molar-refractivity contribution is 6.31. The Morgan fingerprint density at radius 1 is 1.14 bits per heavy atom. The number of nitrogens with one attached hydrogen (secondary N) is 1. The van der Waals surface area contributed by atoms with Crippen molar-refractivity contribution in [2.45, 2.75) is 26.3 Å². The molecular formula is C26H29ClN4O4. The van der Waals surface area contributed by atoms with Crippen molar-refractivity contribution in [3.63, 3.8) is 0 Å². The molecule has 1 amide bonds. The van der Waals surface area contributed by atoms with Gasteiger partial charge in [-0.15, -0.1) is 5.10 Å². The van der Waals surface area contributed by atoms with E-state index in [0.717, 1.165) is 30.5 Å². The highest BCUT2D eigenvalue weighted by Gasteiger charge is 2.27. The Bertz CT molecular complexity index is 1280. The van der Waals surface area contributed by atoms with E-state index in [9.17, 15) is 9.59 Å². The molecule has 1 aromatic heterocycles. The monoisotopic (exact) mass is 496 g/mol. The van der Waals surface area contributed by atoms with E-state index in [1.54, 1.807) is 26.4 Å². The maximum absolute atomic E-state index is 13.0. The van der Waals surface area contributed by atoms with Crippen LogP contribution in [-0.2, 0) is 11.3 Å². The Morgan fingerprint density at radius 2 is 1.97 bits per heavy atom. The van der Waals surface area contributed by atoms with Gasteiger partial charge in [0.25, 0.3) is 5.56 Å². The number of aromatic nitrogens is 2. The lowest BCUT2D eigenvalue weighted by Gasteiger charge is -2.33. The molecule has 0 bridgehead atoms. The molecule has 2 heterocycles. The number of halogens is 1. The molecule has 0 radical (unpaired) electrons. The first-order valence-electron chi connectivity index (χ1n) is 11.5. The average molecular weight is 497 g/mol. The van der Waals surface area contributed by atoms with Gasteiger partial charge in [0.05, 0.1) is 25.8 Å². The van der Waals surface area contributed by atoms with E-state index < -0.39 is 0 Å². The third-order valence-electron chi connectivity index (χ3n) is 6.24. The highest BCUT2D eigenvalue weighted by Crippen LogP contribution is 2.25. The Hall–Kier alpha value is -3.52. The van der Waals surface area contributed by atoms with Gasteiger partial charge in [-0.3, -0.25) is 9.59 Å². The quantitative estimate of drug-likeness (QED) is 0.536. The van der Waals surface area contributed by atoms with Gasteiger partial charge in [0, 0.05) is 36.3 Å². The van der Waals surface area contributed by atoms with Crippen molar-refractivity contribution in [3.05, 3.63) is 75.0 Å². The van der Waals surface area contributed by atoms with Gasteiger partial charge in [0.2, 0.25) is 5.91 Å². The zero-order valence-corrected chi connectivity index (χ0v) is 20.8. The van der Waals surface area contributed by atoms with Crippen LogP contribution in [0.2, 0.25) is 5.02 Å². The molecule has 1 aliphatic rings. The van der Waals surface area contributed by atoms with Crippen LogP contribution in [0.3, 0.4) is 0 Å². The molecule has 8 nitrogen and oxygen atoms in total. The van der Waals surface area contributed by atoms with Crippen molar-refractivity contribution in [1.29, 1.82) is 0 Å². The number of piperidine rings is 1. The van der Waals surface area contributed by atoms with E-state index in [0.29, 0.717) is 41.1 Å². The largest absolute Gasteiger partial charge is 0.497 e. The number of benzene rings is 2. The number of nitrogens with zero attached hydrogens (tertiary/aromatic N) is 3. The zero-order chi connectivity index (χ0) is 24.9. The summed E-state index contributed by atoms with van der Waals surface area (Å²) < 4.78 is 12.0. The average Bonchev–Trinajstić information content (AvgIpc) is 2.89. The number of hydrogen-bond donors (Lipinski definition) is 1. The number of methoxy groups -OCH3 is 2. The van der Waals surface area contributed by atoms with Gasteiger partial charge in [-0.2, -0.15) is 4.68 Å². The SMILES string of the molecule is COc1ccc(OC)c(CNC(=O)[C@@H]2CCCN(c3ccc(=O)n(-c4ccc(C)c(Cl)c4)n3)C2)c1. The fraction of sp³-hybridized carbons (Fsp3) is 0.346. The van der Waals surface area contributed by atoms with Gasteiger partial charge in [-0.25, -0.2) is 0 Å². The molecule has 1 aliphatic heterocycles. The lowest BCUT2D eigenvalue weighted by molar-refractivity contribution is -0.125. The Morgan fingerprint density at radius 3 is 2.71 bits per heavy atom. The standard InChI is InChI=1S/C26H29ClN4O4/c1-17-6-7-20(14-22(17)27)31-25(32)11-10-24(29-31)30-12-4-5-18(16-30)26(33)28-15-19-13-21(34-2)8-9-23(19)35-3/h6-11,13-14,18H,4-5,12,15-16H2,1-3H3,(H,28,33)/t18-/m1/s1. The van der Waals surface area contributed by atoms with E-state index in [2.05, 4.69) is 10.4 Å². The first-order chi connectivity index (χ1) is 16.9. The van der Waals surface area contributed by atoms with Crippen molar-refractivity contribution < 1.29 is 14.3 Å². The van der Waals surface area contributed by atoms with E-state index in [-0.39, 0.29) is 17.4 Å². The molecule has 3 aromatic rings. The van der Waals surface area contributed by atoms with Crippen molar-refractivity contribution in [2.24, 2.45) is 5.92 Å². The summed E-state index contributed by atoms with van der Waals surface area (Å²) >= 11 is 6.26. The molecule has 0 saturated carbocycles. The minimum Gasteiger partial charge on any atom is -0.497 e. The van der Waals surface area contributed by atoms with Crippen molar-refractivity contribution in [2.75, 3.05) is 32.2 Å². The molecule has 4 rings (SSSR count). The fourth-order valence-electron chi connectivity index (χ4n) is 4.21. The van der Waals surface area contributed by atoms with Gasteiger partial charge in [-0.1, -0.05) is 17.7 Å². The van der Waals surface area contributed by atoms with Crippen LogP contribution in [0.1, 0.15) is 24.0 Å². The molecule has 35 heavy (non-hydrogen) atoms. The molecule has 0 aliphatic carbocycles. The molecule has 0 spiro atoms. The number of aryl methyl sites for hydroxylation is 1. The number of rotatable bonds is 7. The van der Waals surface area contributed by atoms with Crippen LogP contribution in [0.25, 0.3) is 5.69 Å². The van der Waals surface area contributed by atoms with Crippen LogP contribution in [0.4, 0.5) is 5.82 Å². The number of carbonyl (C=O) groups excluding carboxylic acids is 1. The van der Waals surface area contributed by atoms with E-state index in [4.69, 9.17) is 21.1 Å². The maximum atomic E-state index is 13.0. The minimum atomic E-state index is -0.243. The Balaban J connectivity index is 1.47. The Labute approximate surface area is 209 Å². The number of ether oxygens (including phenoxy) is 2. The molecular weight excluding hydrogens is 468 g/mol. The minimum absolute atomic E-state index is 0.0294. The topological polar surface area (TPSA) is 85.7 Å². The number of amides is 1. The first-order valence-corrected chi connectivity index (χ1v) is 11.9. The molecule has 184 valence electrons. The molecule has 1 atom stereocenters. The Kier molecular flexibility index (Phi) is 7.60. The van der Waals surface area contributed by atoms with Crippen molar-refractivity contribution in [1.82, 2.24) is 15.1 Å². The number of carbonyl (C=O) groups is 1. The van der Waals surface area contributed by atoms with Gasteiger partial charge in [0.1, 0.15) is 17.3 Å². The predicted molar refractivity (Wildman–Crippen MR) is 136 cm³/mol. The predicted octanol–water partition coefficient (Wildman–Crippen LogP) is 3.74. The van der Waals surface area contributed by atoms with Gasteiger partial charge >= 0.3 is 0 Å². The lowest BCUT2D eigenvalue weighted by atomic mass is 9.97. The molecule has 2 aromatic carbocycles. The summed E-state index contributed by atoms with van der Waals surface area (Å²) in [5, 5.41) is 8.18. The summed E-state index contributed by atoms with van der Waals surface area (Å²) in [6, 6.07) is 14.1. The fourth-order valence-corrected chi connectivity index (χ4v) is 4.39. The van der Waals surface area contributed by atoms with Crippen LogP contribution in [0.5, 0.6) is 11.5 Å². The second-order valence-corrected chi connectivity index (χ2v) is 8.96. The summed E-state index contributed by atoms with van der Waals surface area (Å²) in [5.41, 5.74) is 2.13. The van der Waals surface area contributed by atoms with Crippen LogP contribution in [0.15, 0.2) is 53.3 Å². The van der Waals surface area contributed by atoms with Crippen LogP contribution < -0.4 is 25.2 Å². The summed E-state index contributed by atoms with van der Waals surface area (Å²) in [4.78, 5) is 27.6. The maximum Gasteiger partial charge on any atom is 0.271 e. The van der Waals surface area contributed by atoms with Gasteiger partial charge in [-0.05, 0) is 61.7 Å². The number of hydrogen-bond acceptors (Lipinski definition) is 6. The summed E-state index contributed by atoms with van der Waals surface area (Å²) in [7, 11) is 3.20. The second kappa shape index (κ2) is 10.8. The van der Waals surface area contributed by atoms with Crippen LogP contribution in [0, 0.1) is 12.8 Å². The van der Waals surface area contributed by atoms with Crippen LogP contribution >= 0.6 is 11.6 Å². The third-order valence-corrected chi connectivity index (χ3v) is 6.65. The van der Waals surface area contributed by atoms with E-state index in [1.165, 1.54) is 10.7 Å². The van der Waals surface area contributed by atoms with Crippen molar-refractivity contribution >= 4 is 23.3 Å². The lowest BCUT2D eigenvalue weighted by Crippen LogP contribution is -2.43. The highest BCUT2D eigenvalue weighted by atomic mass is 35.5. The summed E-state index contributed by atoms with van der Waals surface area (Å²) in [5.74, 6) is 1.82. The molecule has 1 fully saturated rings. The van der Waals surface area contributed by atoms with Gasteiger partial charge in [0.15, 0.2) is 0 Å². The van der Waals surface area contributed by atoms with Crippen LogP contribution in [-0.4, -0.2) is 43.0 Å². The second-order valence-electron chi connectivity index (χ2n) is 8.56. The molecule has 1 saturated heterocycles. The normalized spacial score (nSPS) is 15.5. The number of anilines is 1. The molecule has 1 N–H and O–H groups in total. The van der Waals surface area contributed by atoms with Gasteiger partial charge < -0.3 is 19.7 Å². The molecule has 0 unspecified atom stereocenters. The summed E-state index contributed by atoms with van der Waals surface area (Å²) in [6.45, 7) is 3.52. The smallest absolute Gasteiger partial charge is 0.271 e. The van der Waals surface area contributed by atoms with E-state index in [1.807, 2.05) is 42.2 Å². The van der Waals surface area contributed by atoms with E-state index >= 15 is 0 Å². The first kappa shape index (κ1) is 24.6. The summed E-state index contributed by atoms with van der Waals surface area (Å²) in [6.07, 6.45) is 1.63. The zero-order valence-electron chi connectivity index (χ0n) is 20.1.